The summed E-state index contributed by atoms with van der Waals surface area (Å²) >= 11 is 5.95. The van der Waals surface area contributed by atoms with Crippen LogP contribution in [-0.4, -0.2) is 26.8 Å². The second-order valence-corrected chi connectivity index (χ2v) is 6.44. The SMILES string of the molecule is CC(NC(=O)Cn1nc(C(=O)O)c2ccccc2c1=O)c1cccc(Cl)c1. The maximum absolute atomic E-state index is 12.5. The van der Waals surface area contributed by atoms with Crippen LogP contribution in [0.3, 0.4) is 0 Å². The summed E-state index contributed by atoms with van der Waals surface area (Å²) in [5.41, 5.74) is 0.00272. The zero-order chi connectivity index (χ0) is 19.6. The fraction of sp³-hybridized carbons (Fsp3) is 0.158. The highest BCUT2D eigenvalue weighted by molar-refractivity contribution is 6.30. The van der Waals surface area contributed by atoms with E-state index in [4.69, 9.17) is 11.6 Å². The number of rotatable bonds is 5. The van der Waals surface area contributed by atoms with Gasteiger partial charge in [-0.05, 0) is 30.7 Å². The van der Waals surface area contributed by atoms with Crippen LogP contribution in [0.4, 0.5) is 0 Å². The Kier molecular flexibility index (Phi) is 5.23. The molecule has 0 aliphatic rings. The van der Waals surface area contributed by atoms with Gasteiger partial charge in [0, 0.05) is 10.4 Å². The minimum Gasteiger partial charge on any atom is -0.476 e. The van der Waals surface area contributed by atoms with Crippen LogP contribution >= 0.6 is 11.6 Å². The Morgan fingerprint density at radius 1 is 1.19 bits per heavy atom. The normalized spacial score (nSPS) is 11.9. The minimum absolute atomic E-state index is 0.195. The highest BCUT2D eigenvalue weighted by Gasteiger charge is 2.18. The monoisotopic (exact) mass is 385 g/mol. The lowest BCUT2D eigenvalue weighted by Crippen LogP contribution is -2.35. The molecule has 0 saturated heterocycles. The molecular weight excluding hydrogens is 370 g/mol. The van der Waals surface area contributed by atoms with E-state index in [2.05, 4.69) is 10.4 Å². The highest BCUT2D eigenvalue weighted by Crippen LogP contribution is 2.17. The number of carboxylic acids is 1. The fourth-order valence-corrected chi connectivity index (χ4v) is 2.98. The first-order valence-corrected chi connectivity index (χ1v) is 8.52. The van der Waals surface area contributed by atoms with Crippen molar-refractivity contribution in [1.82, 2.24) is 15.1 Å². The number of amides is 1. The third-order valence-corrected chi connectivity index (χ3v) is 4.32. The highest BCUT2D eigenvalue weighted by atomic mass is 35.5. The molecule has 2 aromatic carbocycles. The first-order valence-electron chi connectivity index (χ1n) is 8.15. The molecule has 1 heterocycles. The lowest BCUT2D eigenvalue weighted by atomic mass is 10.1. The largest absolute Gasteiger partial charge is 0.476 e. The summed E-state index contributed by atoms with van der Waals surface area (Å²) in [5.74, 6) is -1.74. The second kappa shape index (κ2) is 7.59. The molecule has 8 heteroatoms. The zero-order valence-corrected chi connectivity index (χ0v) is 15.1. The van der Waals surface area contributed by atoms with Crippen LogP contribution in [-0.2, 0) is 11.3 Å². The average Bonchev–Trinajstić information content (AvgIpc) is 2.63. The van der Waals surface area contributed by atoms with E-state index in [1.54, 1.807) is 37.3 Å². The third kappa shape index (κ3) is 3.98. The average molecular weight is 386 g/mol. The Morgan fingerprint density at radius 2 is 1.89 bits per heavy atom. The van der Waals surface area contributed by atoms with Crippen molar-refractivity contribution < 1.29 is 14.7 Å². The molecule has 0 radical (unpaired) electrons. The number of hydrogen-bond donors (Lipinski definition) is 2. The number of carbonyl (C=O) groups excluding carboxylic acids is 1. The Bertz CT molecular complexity index is 1090. The van der Waals surface area contributed by atoms with E-state index in [1.807, 2.05) is 6.07 Å². The third-order valence-electron chi connectivity index (χ3n) is 4.09. The number of halogens is 1. The van der Waals surface area contributed by atoms with Crippen molar-refractivity contribution in [3.05, 3.63) is 75.2 Å². The van der Waals surface area contributed by atoms with Crippen LogP contribution in [0.2, 0.25) is 5.02 Å². The molecule has 1 amide bonds. The summed E-state index contributed by atoms with van der Waals surface area (Å²) in [5, 5.41) is 16.9. The van der Waals surface area contributed by atoms with Crippen LogP contribution in [0.1, 0.15) is 29.0 Å². The molecule has 1 unspecified atom stereocenters. The van der Waals surface area contributed by atoms with Crippen molar-refractivity contribution in [2.45, 2.75) is 19.5 Å². The summed E-state index contributed by atoms with van der Waals surface area (Å²) < 4.78 is 0.867. The molecule has 0 spiro atoms. The van der Waals surface area contributed by atoms with Crippen LogP contribution in [0.5, 0.6) is 0 Å². The summed E-state index contributed by atoms with van der Waals surface area (Å²) in [4.78, 5) is 36.4. The van der Waals surface area contributed by atoms with Gasteiger partial charge in [-0.15, -0.1) is 0 Å². The van der Waals surface area contributed by atoms with Gasteiger partial charge < -0.3 is 10.4 Å². The molecule has 138 valence electrons. The first-order chi connectivity index (χ1) is 12.9. The molecule has 0 fully saturated rings. The van der Waals surface area contributed by atoms with Gasteiger partial charge in [-0.1, -0.05) is 41.9 Å². The molecule has 1 aromatic heterocycles. The Morgan fingerprint density at radius 3 is 2.56 bits per heavy atom. The van der Waals surface area contributed by atoms with Gasteiger partial charge in [0.25, 0.3) is 5.56 Å². The number of carboxylic acid groups (broad SMARTS) is 1. The Balaban J connectivity index is 1.88. The van der Waals surface area contributed by atoms with Gasteiger partial charge in [0.15, 0.2) is 5.69 Å². The number of aromatic nitrogens is 2. The number of nitrogens with one attached hydrogen (secondary N) is 1. The summed E-state index contributed by atoms with van der Waals surface area (Å²) in [6, 6.07) is 13.0. The number of fused-ring (bicyclic) bond motifs is 1. The molecule has 7 nitrogen and oxygen atoms in total. The maximum atomic E-state index is 12.5. The van der Waals surface area contributed by atoms with E-state index in [9.17, 15) is 19.5 Å². The van der Waals surface area contributed by atoms with Crippen LogP contribution in [0.25, 0.3) is 10.8 Å². The van der Waals surface area contributed by atoms with Crippen molar-refractivity contribution in [3.63, 3.8) is 0 Å². The molecule has 0 saturated carbocycles. The quantitative estimate of drug-likeness (QED) is 0.703. The van der Waals surface area contributed by atoms with E-state index in [1.165, 1.54) is 12.1 Å². The first kappa shape index (κ1) is 18.6. The number of benzene rings is 2. The van der Waals surface area contributed by atoms with Crippen molar-refractivity contribution in [3.8, 4) is 0 Å². The molecule has 2 N–H and O–H groups in total. The van der Waals surface area contributed by atoms with E-state index in [0.29, 0.717) is 5.02 Å². The van der Waals surface area contributed by atoms with Crippen LogP contribution < -0.4 is 10.9 Å². The predicted molar refractivity (Wildman–Crippen MR) is 101 cm³/mol. The number of nitrogens with zero attached hydrogens (tertiary/aromatic N) is 2. The van der Waals surface area contributed by atoms with Crippen molar-refractivity contribution in [2.24, 2.45) is 0 Å². The van der Waals surface area contributed by atoms with E-state index < -0.39 is 24.0 Å². The molecule has 27 heavy (non-hydrogen) atoms. The van der Waals surface area contributed by atoms with E-state index in [0.717, 1.165) is 10.2 Å². The lowest BCUT2D eigenvalue weighted by Gasteiger charge is -2.15. The van der Waals surface area contributed by atoms with Crippen LogP contribution in [0, 0.1) is 0 Å². The smallest absolute Gasteiger partial charge is 0.357 e. The Labute approximate surface area is 159 Å². The number of carbonyl (C=O) groups is 2. The van der Waals surface area contributed by atoms with Crippen molar-refractivity contribution in [1.29, 1.82) is 0 Å². The fourth-order valence-electron chi connectivity index (χ4n) is 2.78. The van der Waals surface area contributed by atoms with Crippen LogP contribution in [0.15, 0.2) is 53.3 Å². The lowest BCUT2D eigenvalue weighted by molar-refractivity contribution is -0.122. The van der Waals surface area contributed by atoms with Gasteiger partial charge >= 0.3 is 5.97 Å². The second-order valence-electron chi connectivity index (χ2n) is 6.01. The minimum atomic E-state index is -1.27. The molecule has 0 aliphatic carbocycles. The molecule has 1 atom stereocenters. The van der Waals surface area contributed by atoms with Gasteiger partial charge in [-0.25, -0.2) is 9.48 Å². The summed E-state index contributed by atoms with van der Waals surface area (Å²) in [6.45, 7) is 1.39. The standard InChI is InChI=1S/C19H16ClN3O4/c1-11(12-5-4-6-13(20)9-12)21-16(24)10-23-18(25)15-8-3-2-7-14(15)17(22-23)19(26)27/h2-9,11H,10H2,1H3,(H,21,24)(H,26,27). The van der Waals surface area contributed by atoms with Gasteiger partial charge in [-0.3, -0.25) is 9.59 Å². The van der Waals surface area contributed by atoms with Gasteiger partial charge in [0.2, 0.25) is 5.91 Å². The molecule has 0 bridgehead atoms. The van der Waals surface area contributed by atoms with E-state index in [-0.39, 0.29) is 22.5 Å². The van der Waals surface area contributed by atoms with Crippen molar-refractivity contribution >= 4 is 34.2 Å². The number of hydrogen-bond acceptors (Lipinski definition) is 4. The van der Waals surface area contributed by atoms with Gasteiger partial charge in [0.05, 0.1) is 11.4 Å². The Hall–Kier alpha value is -3.19. The number of aromatic carboxylic acids is 1. The topological polar surface area (TPSA) is 101 Å². The molecule has 3 aromatic rings. The summed E-state index contributed by atoms with van der Waals surface area (Å²) in [7, 11) is 0. The van der Waals surface area contributed by atoms with Gasteiger partial charge in [-0.2, -0.15) is 5.10 Å². The zero-order valence-electron chi connectivity index (χ0n) is 14.3. The molecular formula is C19H16ClN3O4. The predicted octanol–water partition coefficient (Wildman–Crippen LogP) is 2.63. The molecule has 0 aliphatic heterocycles. The van der Waals surface area contributed by atoms with Gasteiger partial charge in [0.1, 0.15) is 6.54 Å². The molecule has 3 rings (SSSR count). The van der Waals surface area contributed by atoms with Crippen molar-refractivity contribution in [2.75, 3.05) is 0 Å². The van der Waals surface area contributed by atoms with E-state index >= 15 is 0 Å². The summed E-state index contributed by atoms with van der Waals surface area (Å²) in [6.07, 6.45) is 0. The maximum Gasteiger partial charge on any atom is 0.357 e.